The molecule has 1 saturated heterocycles. The van der Waals surface area contributed by atoms with Gasteiger partial charge in [0.15, 0.2) is 11.2 Å². The second-order valence-electron chi connectivity index (χ2n) is 9.53. The second-order valence-corrected chi connectivity index (χ2v) is 10.6. The molecule has 184 valence electrons. The first-order valence-corrected chi connectivity index (χ1v) is 12.4. The van der Waals surface area contributed by atoms with Gasteiger partial charge in [-0.05, 0) is 55.0 Å². The summed E-state index contributed by atoms with van der Waals surface area (Å²) in [5.74, 6) is 0.0991. The molecular formula is C24H30F2N4O3S. The molecule has 1 heterocycles. The molecule has 2 aliphatic rings. The molecule has 1 saturated carbocycles. The third-order valence-electron chi connectivity index (χ3n) is 6.61. The van der Waals surface area contributed by atoms with Crippen LogP contribution in [0.15, 0.2) is 42.5 Å². The minimum Gasteiger partial charge on any atom is -0.433 e. The average molecular weight is 493 g/mol. The number of para-hydroxylation sites is 1. The maximum atomic E-state index is 13.6. The molecule has 2 amide bonds. The zero-order valence-corrected chi connectivity index (χ0v) is 20.3. The van der Waals surface area contributed by atoms with E-state index in [-0.39, 0.29) is 28.8 Å². The van der Waals surface area contributed by atoms with Crippen molar-refractivity contribution in [2.45, 2.75) is 52.2 Å². The minimum absolute atomic E-state index is 0.00118. The predicted octanol–water partition coefficient (Wildman–Crippen LogP) is 4.76. The molecule has 4 rings (SSSR count). The molecule has 1 aliphatic heterocycles. The van der Waals surface area contributed by atoms with Crippen molar-refractivity contribution in [2.24, 2.45) is 10.6 Å². The highest BCUT2D eigenvalue weighted by Crippen LogP contribution is 2.51. The highest BCUT2D eigenvalue weighted by Gasteiger charge is 2.56. The van der Waals surface area contributed by atoms with Crippen LogP contribution in [0.5, 0.6) is 5.75 Å². The van der Waals surface area contributed by atoms with E-state index >= 15 is 0 Å². The zero-order valence-electron chi connectivity index (χ0n) is 19.5. The summed E-state index contributed by atoms with van der Waals surface area (Å²) in [6, 6.07) is 12.0. The fourth-order valence-corrected chi connectivity index (χ4v) is 5.78. The summed E-state index contributed by atoms with van der Waals surface area (Å²) in [7, 11) is 0. The molecule has 1 aliphatic carbocycles. The van der Waals surface area contributed by atoms with Crippen molar-refractivity contribution in [2.75, 3.05) is 23.3 Å². The number of benzene rings is 2. The van der Waals surface area contributed by atoms with E-state index in [0.717, 1.165) is 29.7 Å². The van der Waals surface area contributed by atoms with Crippen LogP contribution >= 0.6 is 0 Å². The molecule has 0 bridgehead atoms. The average Bonchev–Trinajstić information content (AvgIpc) is 2.70. The molecular weight excluding hydrogens is 462 g/mol. The van der Waals surface area contributed by atoms with Gasteiger partial charge in [0.05, 0.1) is 5.69 Å². The summed E-state index contributed by atoms with van der Waals surface area (Å²) >= 11 is -1.49. The number of aryl methyl sites for hydroxylation is 1. The number of rotatable bonds is 7. The number of hydrogen-bond acceptors (Lipinski definition) is 3. The first-order chi connectivity index (χ1) is 16.1. The third-order valence-corrected chi connectivity index (χ3v) is 7.38. The van der Waals surface area contributed by atoms with Crippen LogP contribution < -0.4 is 20.1 Å². The van der Waals surface area contributed by atoms with Gasteiger partial charge in [-0.2, -0.15) is 8.78 Å². The minimum atomic E-state index is -3.00. The Morgan fingerprint density at radius 1 is 1.24 bits per heavy atom. The van der Waals surface area contributed by atoms with Crippen molar-refractivity contribution >= 4 is 28.6 Å². The molecule has 2 fully saturated rings. The molecule has 0 radical (unpaired) electrons. The van der Waals surface area contributed by atoms with Gasteiger partial charge in [-0.3, -0.25) is 4.90 Å². The van der Waals surface area contributed by atoms with E-state index in [2.05, 4.69) is 23.9 Å². The van der Waals surface area contributed by atoms with E-state index in [1.807, 2.05) is 24.3 Å². The van der Waals surface area contributed by atoms with E-state index in [9.17, 15) is 17.8 Å². The van der Waals surface area contributed by atoms with Gasteiger partial charge in [0, 0.05) is 30.2 Å². The molecule has 1 atom stereocenters. The number of nitrogens with one attached hydrogen (secondary N) is 1. The molecule has 2 aromatic rings. The topological polar surface area (TPSA) is 87.9 Å². The molecule has 1 unspecified atom stereocenters. The van der Waals surface area contributed by atoms with Crippen molar-refractivity contribution in [3.63, 3.8) is 0 Å². The number of hydrogen-bond donors (Lipinski definition) is 2. The lowest BCUT2D eigenvalue weighted by molar-refractivity contribution is -0.0493. The molecule has 0 aromatic heterocycles. The Kier molecular flexibility index (Phi) is 6.93. The van der Waals surface area contributed by atoms with Gasteiger partial charge in [-0.1, -0.05) is 38.1 Å². The lowest BCUT2D eigenvalue weighted by Crippen LogP contribution is -2.68. The monoisotopic (exact) mass is 492 g/mol. The molecule has 3 N–H and O–H groups in total. The van der Waals surface area contributed by atoms with Gasteiger partial charge < -0.3 is 10.1 Å². The highest BCUT2D eigenvalue weighted by molar-refractivity contribution is 7.80. The van der Waals surface area contributed by atoms with Crippen LogP contribution in [0.1, 0.15) is 43.7 Å². The van der Waals surface area contributed by atoms with Crippen molar-refractivity contribution in [1.82, 2.24) is 4.31 Å². The predicted molar refractivity (Wildman–Crippen MR) is 129 cm³/mol. The van der Waals surface area contributed by atoms with Crippen LogP contribution in [0.4, 0.5) is 25.0 Å². The Balaban J connectivity index is 1.61. The van der Waals surface area contributed by atoms with Gasteiger partial charge >= 0.3 is 12.6 Å². The molecule has 1 spiro atoms. The van der Waals surface area contributed by atoms with Gasteiger partial charge in [0.25, 0.3) is 0 Å². The van der Waals surface area contributed by atoms with Crippen LogP contribution in [0.2, 0.25) is 0 Å². The van der Waals surface area contributed by atoms with Crippen LogP contribution in [0, 0.1) is 12.3 Å². The smallest absolute Gasteiger partial charge is 0.387 e. The van der Waals surface area contributed by atoms with Crippen molar-refractivity contribution in [3.05, 3.63) is 53.6 Å². The normalized spacial score (nSPS) is 18.5. The fourth-order valence-electron chi connectivity index (χ4n) is 4.98. The molecule has 2 aromatic carbocycles. The fraction of sp³-hybridized carbons (Fsp3) is 0.458. The van der Waals surface area contributed by atoms with E-state index in [1.165, 1.54) is 6.07 Å². The lowest BCUT2D eigenvalue weighted by atomic mass is 9.61. The summed E-state index contributed by atoms with van der Waals surface area (Å²) in [5, 5.41) is 8.28. The first kappa shape index (κ1) is 24.6. The Labute approximate surface area is 201 Å². The zero-order chi connectivity index (χ0) is 24.6. The van der Waals surface area contributed by atoms with E-state index in [0.29, 0.717) is 13.1 Å². The number of ether oxygens (including phenoxy) is 1. The standard InChI is InChI=1S/C24H30F2N4O3S/c1-15(2)18-6-4-5-7-20(18)30(17-11-24(12-17)13-29(14-24)34(27)32)23(31)28-19-9-8-16(3)10-21(19)33-22(25)26/h4-10,15,17,22H,11-14,27H2,1-3H3,(H,28,31). The number of alkyl halides is 2. The molecule has 34 heavy (non-hydrogen) atoms. The van der Waals surface area contributed by atoms with Crippen LogP contribution in [0.3, 0.4) is 0 Å². The summed E-state index contributed by atoms with van der Waals surface area (Å²) in [5.41, 5.74) is 2.73. The maximum absolute atomic E-state index is 13.6. The molecule has 7 nitrogen and oxygen atoms in total. The Morgan fingerprint density at radius 3 is 2.53 bits per heavy atom. The largest absolute Gasteiger partial charge is 0.433 e. The number of halogens is 2. The van der Waals surface area contributed by atoms with Crippen molar-refractivity contribution in [1.29, 1.82) is 0 Å². The number of carbonyl (C=O) groups excluding carboxylic acids is 1. The second kappa shape index (κ2) is 9.59. The number of urea groups is 1. The van der Waals surface area contributed by atoms with Gasteiger partial charge in [0.2, 0.25) is 0 Å². The van der Waals surface area contributed by atoms with Crippen LogP contribution in [-0.2, 0) is 11.2 Å². The maximum Gasteiger partial charge on any atom is 0.387 e. The number of carbonyl (C=O) groups is 1. The van der Waals surface area contributed by atoms with E-state index < -0.39 is 23.8 Å². The van der Waals surface area contributed by atoms with Crippen LogP contribution in [0.25, 0.3) is 0 Å². The first-order valence-electron chi connectivity index (χ1n) is 11.2. The van der Waals surface area contributed by atoms with Crippen LogP contribution in [-0.4, -0.2) is 40.3 Å². The Bertz CT molecular complexity index is 1080. The summed E-state index contributed by atoms with van der Waals surface area (Å²) in [6.07, 6.45) is 1.49. The van der Waals surface area contributed by atoms with Gasteiger partial charge in [-0.25, -0.2) is 18.4 Å². The Hall–Kier alpha value is -2.56. The number of nitrogens with zero attached hydrogens (tertiary/aromatic N) is 2. The summed E-state index contributed by atoms with van der Waals surface area (Å²) in [6.45, 7) is 4.16. The quantitative estimate of drug-likeness (QED) is 0.584. The summed E-state index contributed by atoms with van der Waals surface area (Å²) in [4.78, 5) is 15.4. The van der Waals surface area contributed by atoms with E-state index in [4.69, 9.17) is 5.14 Å². The van der Waals surface area contributed by atoms with Crippen molar-refractivity contribution < 1.29 is 22.5 Å². The van der Waals surface area contributed by atoms with E-state index in [1.54, 1.807) is 28.3 Å². The van der Waals surface area contributed by atoms with Gasteiger partial charge in [-0.15, -0.1) is 0 Å². The summed E-state index contributed by atoms with van der Waals surface area (Å²) < 4.78 is 43.8. The lowest BCUT2D eigenvalue weighted by Gasteiger charge is -2.59. The van der Waals surface area contributed by atoms with Crippen molar-refractivity contribution in [3.8, 4) is 5.75 Å². The number of anilines is 2. The SMILES string of the molecule is Cc1ccc(NC(=O)N(c2ccccc2C(C)C)C2CC3(C2)CN(S(N)=O)C3)c(OC(F)F)c1. The molecule has 10 heteroatoms. The Morgan fingerprint density at radius 2 is 1.91 bits per heavy atom. The highest BCUT2D eigenvalue weighted by atomic mass is 32.2. The number of amides is 2. The number of nitrogens with two attached hydrogens (primary N) is 1. The third kappa shape index (κ3) is 4.94. The van der Waals surface area contributed by atoms with Gasteiger partial charge in [0.1, 0.15) is 5.75 Å².